The molecule has 4 heteroatoms. The first-order valence-electron chi connectivity index (χ1n) is 5.88. The normalized spacial score (nSPS) is 10.8. The molecule has 4 nitrogen and oxygen atoms in total. The fourth-order valence-electron chi connectivity index (χ4n) is 1.51. The number of amides is 1. The van der Waals surface area contributed by atoms with Crippen molar-refractivity contribution in [1.82, 2.24) is 5.32 Å². The summed E-state index contributed by atoms with van der Waals surface area (Å²) in [6, 6.07) is 8.51. The van der Waals surface area contributed by atoms with E-state index >= 15 is 0 Å². The molecule has 1 aromatic rings. The van der Waals surface area contributed by atoms with Gasteiger partial charge in [-0.2, -0.15) is 5.26 Å². The van der Waals surface area contributed by atoms with Gasteiger partial charge in [0.15, 0.2) is 0 Å². The highest BCUT2D eigenvalue weighted by atomic mass is 16.3. The molecule has 0 heterocycles. The Hall–Kier alpha value is -1.86. The average molecular weight is 246 g/mol. The second-order valence-electron chi connectivity index (χ2n) is 5.01. The summed E-state index contributed by atoms with van der Waals surface area (Å²) in [5, 5.41) is 20.4. The van der Waals surface area contributed by atoms with Gasteiger partial charge in [-0.15, -0.1) is 0 Å². The van der Waals surface area contributed by atoms with Gasteiger partial charge in [-0.05, 0) is 36.1 Å². The Bertz CT molecular complexity index is 444. The standard InChI is InChI=1S/C14H18N2O2/c1-14(2,7-8-17)10-16-13(18)12-5-3-11(9-15)4-6-12/h3-6,17H,7-8,10H2,1-2H3,(H,16,18). The van der Waals surface area contributed by atoms with Crippen molar-refractivity contribution in [2.75, 3.05) is 13.2 Å². The predicted octanol–water partition coefficient (Wildman–Crippen LogP) is 1.70. The van der Waals surface area contributed by atoms with Gasteiger partial charge in [0, 0.05) is 18.7 Å². The fraction of sp³-hybridized carbons (Fsp3) is 0.429. The Labute approximate surface area is 107 Å². The van der Waals surface area contributed by atoms with E-state index in [-0.39, 0.29) is 17.9 Å². The summed E-state index contributed by atoms with van der Waals surface area (Å²) in [5.41, 5.74) is 0.942. The summed E-state index contributed by atoms with van der Waals surface area (Å²) in [6.07, 6.45) is 0.640. The Morgan fingerprint density at radius 1 is 1.39 bits per heavy atom. The van der Waals surface area contributed by atoms with Crippen molar-refractivity contribution in [1.29, 1.82) is 5.26 Å². The van der Waals surface area contributed by atoms with Crippen molar-refractivity contribution >= 4 is 5.91 Å². The Morgan fingerprint density at radius 2 is 2.00 bits per heavy atom. The highest BCUT2D eigenvalue weighted by Gasteiger charge is 2.18. The number of carbonyl (C=O) groups is 1. The first kappa shape index (κ1) is 14.2. The van der Waals surface area contributed by atoms with Gasteiger partial charge in [0.2, 0.25) is 0 Å². The van der Waals surface area contributed by atoms with Crippen LogP contribution < -0.4 is 5.32 Å². The molecule has 0 aromatic heterocycles. The molecule has 0 aliphatic rings. The van der Waals surface area contributed by atoms with Crippen LogP contribution in [-0.2, 0) is 0 Å². The number of aliphatic hydroxyl groups is 1. The minimum absolute atomic E-state index is 0.111. The van der Waals surface area contributed by atoms with E-state index < -0.39 is 0 Å². The minimum atomic E-state index is -0.162. The minimum Gasteiger partial charge on any atom is -0.396 e. The van der Waals surface area contributed by atoms with Crippen LogP contribution in [0, 0.1) is 16.7 Å². The van der Waals surface area contributed by atoms with Gasteiger partial charge >= 0.3 is 0 Å². The maximum Gasteiger partial charge on any atom is 0.251 e. The molecule has 1 amide bonds. The van der Waals surface area contributed by atoms with Crippen LogP contribution in [0.1, 0.15) is 36.2 Å². The second kappa shape index (κ2) is 6.18. The van der Waals surface area contributed by atoms with E-state index in [0.717, 1.165) is 0 Å². The lowest BCUT2D eigenvalue weighted by atomic mass is 9.89. The molecule has 0 fully saturated rings. The zero-order valence-corrected chi connectivity index (χ0v) is 10.7. The molecule has 0 saturated heterocycles. The third-order valence-electron chi connectivity index (χ3n) is 2.79. The molecule has 1 rings (SSSR count). The summed E-state index contributed by atoms with van der Waals surface area (Å²) in [7, 11) is 0. The lowest BCUT2D eigenvalue weighted by molar-refractivity contribution is 0.0928. The van der Waals surface area contributed by atoms with Crippen LogP contribution in [-0.4, -0.2) is 24.2 Å². The Balaban J connectivity index is 2.58. The van der Waals surface area contributed by atoms with E-state index in [0.29, 0.717) is 24.1 Å². The topological polar surface area (TPSA) is 73.1 Å². The van der Waals surface area contributed by atoms with E-state index in [9.17, 15) is 4.79 Å². The monoisotopic (exact) mass is 246 g/mol. The molecule has 0 saturated carbocycles. The van der Waals surface area contributed by atoms with Crippen LogP contribution in [0.4, 0.5) is 0 Å². The van der Waals surface area contributed by atoms with Crippen molar-refractivity contribution < 1.29 is 9.90 Å². The second-order valence-corrected chi connectivity index (χ2v) is 5.01. The molecule has 96 valence electrons. The summed E-state index contributed by atoms with van der Waals surface area (Å²) in [6.45, 7) is 4.59. The molecule has 0 bridgehead atoms. The number of nitrogens with zero attached hydrogens (tertiary/aromatic N) is 1. The highest BCUT2D eigenvalue weighted by Crippen LogP contribution is 2.18. The molecule has 0 atom stereocenters. The fourth-order valence-corrected chi connectivity index (χ4v) is 1.51. The van der Waals surface area contributed by atoms with Crippen molar-refractivity contribution in [3.8, 4) is 6.07 Å². The summed E-state index contributed by atoms with van der Waals surface area (Å²) < 4.78 is 0. The first-order chi connectivity index (χ1) is 8.48. The molecule has 0 spiro atoms. The van der Waals surface area contributed by atoms with E-state index in [1.54, 1.807) is 24.3 Å². The smallest absolute Gasteiger partial charge is 0.251 e. The molecule has 0 unspecified atom stereocenters. The van der Waals surface area contributed by atoms with Gasteiger partial charge in [-0.25, -0.2) is 0 Å². The largest absolute Gasteiger partial charge is 0.396 e. The summed E-state index contributed by atoms with van der Waals surface area (Å²) in [4.78, 5) is 11.8. The number of rotatable bonds is 5. The lowest BCUT2D eigenvalue weighted by Crippen LogP contribution is -2.34. The van der Waals surface area contributed by atoms with Gasteiger partial charge in [-0.3, -0.25) is 4.79 Å². The van der Waals surface area contributed by atoms with Gasteiger partial charge in [0.05, 0.1) is 11.6 Å². The third kappa shape index (κ3) is 4.19. The van der Waals surface area contributed by atoms with Gasteiger partial charge < -0.3 is 10.4 Å². The summed E-state index contributed by atoms with van der Waals surface area (Å²) >= 11 is 0. The van der Waals surface area contributed by atoms with Crippen LogP contribution in [0.3, 0.4) is 0 Å². The van der Waals surface area contributed by atoms with E-state index in [1.807, 2.05) is 19.9 Å². The molecule has 0 radical (unpaired) electrons. The number of carbonyl (C=O) groups excluding carboxylic acids is 1. The predicted molar refractivity (Wildman–Crippen MR) is 69.0 cm³/mol. The van der Waals surface area contributed by atoms with Gasteiger partial charge in [0.1, 0.15) is 0 Å². The first-order valence-corrected chi connectivity index (χ1v) is 5.88. The zero-order valence-electron chi connectivity index (χ0n) is 10.7. The van der Waals surface area contributed by atoms with Crippen LogP contribution in [0.25, 0.3) is 0 Å². The molecule has 18 heavy (non-hydrogen) atoms. The SMILES string of the molecule is CC(C)(CCO)CNC(=O)c1ccc(C#N)cc1. The number of benzene rings is 1. The van der Waals surface area contributed by atoms with Gasteiger partial charge in [0.25, 0.3) is 5.91 Å². The zero-order chi connectivity index (χ0) is 13.6. The lowest BCUT2D eigenvalue weighted by Gasteiger charge is -2.23. The highest BCUT2D eigenvalue weighted by molar-refractivity contribution is 5.94. The number of hydrogen-bond donors (Lipinski definition) is 2. The van der Waals surface area contributed by atoms with Gasteiger partial charge in [-0.1, -0.05) is 13.8 Å². The van der Waals surface area contributed by atoms with Crippen LogP contribution in [0.5, 0.6) is 0 Å². The van der Waals surface area contributed by atoms with E-state index in [4.69, 9.17) is 10.4 Å². The van der Waals surface area contributed by atoms with Crippen molar-refractivity contribution in [2.45, 2.75) is 20.3 Å². The third-order valence-corrected chi connectivity index (χ3v) is 2.79. The summed E-state index contributed by atoms with van der Waals surface area (Å²) in [5.74, 6) is -0.162. The molecular formula is C14H18N2O2. The molecule has 1 aromatic carbocycles. The Kier molecular flexibility index (Phi) is 4.87. The van der Waals surface area contributed by atoms with Crippen LogP contribution in [0.2, 0.25) is 0 Å². The number of nitrogens with one attached hydrogen (secondary N) is 1. The maximum atomic E-state index is 11.8. The number of nitriles is 1. The number of hydrogen-bond acceptors (Lipinski definition) is 3. The van der Waals surface area contributed by atoms with Crippen molar-refractivity contribution in [3.05, 3.63) is 35.4 Å². The number of aliphatic hydroxyl groups excluding tert-OH is 1. The van der Waals surface area contributed by atoms with Crippen molar-refractivity contribution in [3.63, 3.8) is 0 Å². The molecule has 2 N–H and O–H groups in total. The van der Waals surface area contributed by atoms with Crippen LogP contribution >= 0.6 is 0 Å². The maximum absolute atomic E-state index is 11.8. The van der Waals surface area contributed by atoms with E-state index in [2.05, 4.69) is 5.32 Å². The Morgan fingerprint density at radius 3 is 2.50 bits per heavy atom. The molecule has 0 aliphatic heterocycles. The van der Waals surface area contributed by atoms with Crippen molar-refractivity contribution in [2.24, 2.45) is 5.41 Å². The molecule has 0 aliphatic carbocycles. The van der Waals surface area contributed by atoms with Crippen LogP contribution in [0.15, 0.2) is 24.3 Å². The average Bonchev–Trinajstić information content (AvgIpc) is 2.36. The van der Waals surface area contributed by atoms with E-state index in [1.165, 1.54) is 0 Å². The quantitative estimate of drug-likeness (QED) is 0.830. The molecular weight excluding hydrogens is 228 g/mol.